The highest BCUT2D eigenvalue weighted by Gasteiger charge is 2.54. The number of hydrogen-bond donors (Lipinski definition) is 0. The Morgan fingerprint density at radius 1 is 0.941 bits per heavy atom. The predicted molar refractivity (Wildman–Crippen MR) is 142 cm³/mol. The summed E-state index contributed by atoms with van der Waals surface area (Å²) in [5.74, 6) is -0.306. The Bertz CT molecular complexity index is 896. The zero-order valence-electron chi connectivity index (χ0n) is 22.2. The number of carbonyl (C=O) groups excluding carboxylic acids is 1. The topological polar surface area (TPSA) is 42.0 Å². The molecule has 2 aromatic rings. The highest BCUT2D eigenvalue weighted by atomic mass is 28.4. The van der Waals surface area contributed by atoms with Crippen molar-refractivity contribution in [2.45, 2.75) is 70.9 Å². The number of ether oxygens (including phenoxy) is 1. The second kappa shape index (κ2) is 10.3. The summed E-state index contributed by atoms with van der Waals surface area (Å²) in [5.41, 5.74) is -0.592. The van der Waals surface area contributed by atoms with Gasteiger partial charge < -0.3 is 14.1 Å². The second-order valence-corrected chi connectivity index (χ2v) is 15.8. The first kappa shape index (κ1) is 26.6. The van der Waals surface area contributed by atoms with Gasteiger partial charge in [-0.1, -0.05) is 81.4 Å². The first-order chi connectivity index (χ1) is 15.8. The fourth-order valence-corrected chi connectivity index (χ4v) is 9.48. The molecule has 6 heteroatoms. The summed E-state index contributed by atoms with van der Waals surface area (Å²) in [4.78, 5) is 18.1. The van der Waals surface area contributed by atoms with E-state index in [0.717, 1.165) is 29.9 Å². The Labute approximate surface area is 207 Å². The molecule has 0 saturated carbocycles. The second-order valence-electron chi connectivity index (χ2n) is 11.6. The molecule has 1 aliphatic heterocycles. The molecule has 0 N–H and O–H groups in total. The smallest absolute Gasteiger partial charge is 0.350 e. The van der Waals surface area contributed by atoms with Gasteiger partial charge in [-0.25, -0.2) is 4.79 Å². The zero-order valence-corrected chi connectivity index (χ0v) is 23.2. The number of likely N-dealkylation sites (N-methyl/N-ethyl adjacent to an activating group) is 1. The highest BCUT2D eigenvalue weighted by molar-refractivity contribution is 6.99. The van der Waals surface area contributed by atoms with Gasteiger partial charge in [0.05, 0.1) is 0 Å². The van der Waals surface area contributed by atoms with E-state index in [1.807, 2.05) is 32.9 Å². The van der Waals surface area contributed by atoms with E-state index >= 15 is 0 Å². The number of likely N-dealkylation sites (tertiary alicyclic amines) is 1. The van der Waals surface area contributed by atoms with Crippen molar-refractivity contribution < 1.29 is 14.0 Å². The lowest BCUT2D eigenvalue weighted by molar-refractivity contribution is -0.173. The summed E-state index contributed by atoms with van der Waals surface area (Å²) >= 11 is 0. The van der Waals surface area contributed by atoms with Crippen LogP contribution in [0.4, 0.5) is 0 Å². The van der Waals surface area contributed by atoms with Crippen molar-refractivity contribution >= 4 is 24.7 Å². The first-order valence-corrected chi connectivity index (χ1v) is 14.2. The molecule has 2 aromatic carbocycles. The van der Waals surface area contributed by atoms with Crippen molar-refractivity contribution in [2.75, 3.05) is 27.2 Å². The van der Waals surface area contributed by atoms with Crippen LogP contribution in [0.5, 0.6) is 0 Å². The minimum Gasteiger partial charge on any atom is -0.457 e. The molecular formula is C28H42N2O3Si. The number of esters is 1. The van der Waals surface area contributed by atoms with Crippen molar-refractivity contribution in [1.82, 2.24) is 9.80 Å². The molecule has 0 radical (unpaired) electrons. The maximum Gasteiger partial charge on any atom is 0.350 e. The molecule has 1 heterocycles. The Kier molecular flexibility index (Phi) is 8.08. The molecular weight excluding hydrogens is 440 g/mol. The fourth-order valence-electron chi connectivity index (χ4n) is 4.89. The Hall–Kier alpha value is -1.99. The van der Waals surface area contributed by atoms with Crippen LogP contribution in [-0.2, 0) is 14.0 Å². The quantitative estimate of drug-likeness (QED) is 0.443. The van der Waals surface area contributed by atoms with Crippen LogP contribution in [0.25, 0.3) is 0 Å². The molecule has 2 atom stereocenters. The minimum atomic E-state index is -2.92. The first-order valence-electron chi connectivity index (χ1n) is 12.3. The molecule has 1 aliphatic rings. The van der Waals surface area contributed by atoms with Gasteiger partial charge in [-0.3, -0.25) is 4.90 Å². The van der Waals surface area contributed by atoms with E-state index in [1.54, 1.807) is 0 Å². The molecule has 1 fully saturated rings. The van der Waals surface area contributed by atoms with Crippen molar-refractivity contribution in [2.24, 2.45) is 0 Å². The standard InChI is InChI=1S/C28H42N2O3Si/c1-27(2,3)32-26(31)25(30-20-19-22(21-30)29(7)8)33-34(28(4,5)6,23-15-11-9-12-16-23)24-17-13-10-14-18-24/h9-18,22,25H,19-21H2,1-8H3/t22?,25-/m0/s1. The molecule has 5 nitrogen and oxygen atoms in total. The van der Waals surface area contributed by atoms with Gasteiger partial charge in [0.25, 0.3) is 8.32 Å². The molecule has 0 aromatic heterocycles. The van der Waals surface area contributed by atoms with E-state index in [0.29, 0.717) is 6.04 Å². The monoisotopic (exact) mass is 482 g/mol. The SMILES string of the molecule is CN(C)C1CCN([C@@H](O[Si](c2ccccc2)(c2ccccc2)C(C)(C)C)C(=O)OC(C)(C)C)C1. The Balaban J connectivity index is 2.15. The van der Waals surface area contributed by atoms with E-state index in [9.17, 15) is 4.79 Å². The Morgan fingerprint density at radius 2 is 1.44 bits per heavy atom. The van der Waals surface area contributed by atoms with Crippen LogP contribution in [0.1, 0.15) is 48.0 Å². The minimum absolute atomic E-state index is 0.226. The van der Waals surface area contributed by atoms with E-state index in [1.165, 1.54) is 0 Å². The average molecular weight is 483 g/mol. The van der Waals surface area contributed by atoms with Crippen molar-refractivity contribution in [3.05, 3.63) is 60.7 Å². The maximum absolute atomic E-state index is 13.7. The molecule has 186 valence electrons. The van der Waals surface area contributed by atoms with Gasteiger partial charge >= 0.3 is 5.97 Å². The van der Waals surface area contributed by atoms with Crippen molar-refractivity contribution in [1.29, 1.82) is 0 Å². The van der Waals surface area contributed by atoms with E-state index in [4.69, 9.17) is 9.16 Å². The summed E-state index contributed by atoms with van der Waals surface area (Å²) in [6, 6.07) is 21.3. The van der Waals surface area contributed by atoms with Crippen molar-refractivity contribution in [3.63, 3.8) is 0 Å². The normalized spacial score (nSPS) is 18.8. The summed E-state index contributed by atoms with van der Waals surface area (Å²) in [7, 11) is 1.27. The number of benzene rings is 2. The van der Waals surface area contributed by atoms with Crippen LogP contribution < -0.4 is 10.4 Å². The molecule has 0 spiro atoms. The van der Waals surface area contributed by atoms with Crippen LogP contribution in [0, 0.1) is 0 Å². The van der Waals surface area contributed by atoms with Crippen LogP contribution in [-0.4, -0.2) is 69.1 Å². The van der Waals surface area contributed by atoms with Gasteiger partial charge in [0.2, 0.25) is 6.23 Å². The number of hydrogen-bond acceptors (Lipinski definition) is 5. The van der Waals surface area contributed by atoms with Gasteiger partial charge in [0, 0.05) is 19.1 Å². The Morgan fingerprint density at radius 3 is 1.82 bits per heavy atom. The fraction of sp³-hybridized carbons (Fsp3) is 0.536. The van der Waals surface area contributed by atoms with Crippen molar-refractivity contribution in [3.8, 4) is 0 Å². The highest BCUT2D eigenvalue weighted by Crippen LogP contribution is 2.38. The molecule has 0 amide bonds. The predicted octanol–water partition coefficient (Wildman–Crippen LogP) is 3.87. The van der Waals surface area contributed by atoms with E-state index in [2.05, 4.69) is 93.2 Å². The van der Waals surface area contributed by atoms with Gasteiger partial charge in [-0.05, 0) is 56.7 Å². The van der Waals surface area contributed by atoms with Crippen LogP contribution in [0.15, 0.2) is 60.7 Å². The third-order valence-electron chi connectivity index (χ3n) is 6.57. The van der Waals surface area contributed by atoms with Gasteiger partial charge in [0.15, 0.2) is 0 Å². The lowest BCUT2D eigenvalue weighted by atomic mass is 10.2. The summed E-state index contributed by atoms with van der Waals surface area (Å²) in [5, 5.41) is 2.09. The van der Waals surface area contributed by atoms with Gasteiger partial charge in [0.1, 0.15) is 5.60 Å². The summed E-state index contributed by atoms with van der Waals surface area (Å²) in [6.07, 6.45) is 0.228. The van der Waals surface area contributed by atoms with Crippen LogP contribution in [0.3, 0.4) is 0 Å². The molecule has 1 saturated heterocycles. The lowest BCUT2D eigenvalue weighted by Gasteiger charge is -2.46. The summed E-state index contributed by atoms with van der Waals surface area (Å²) in [6.45, 7) is 14.0. The van der Waals surface area contributed by atoms with Crippen LogP contribution in [0.2, 0.25) is 5.04 Å². The average Bonchev–Trinajstić information content (AvgIpc) is 3.24. The van der Waals surface area contributed by atoms with E-state index in [-0.39, 0.29) is 11.0 Å². The molecule has 3 rings (SSSR count). The number of rotatable bonds is 7. The van der Waals surface area contributed by atoms with Crippen LogP contribution >= 0.6 is 0 Å². The third kappa shape index (κ3) is 5.79. The molecule has 1 unspecified atom stereocenters. The number of nitrogens with zero attached hydrogens (tertiary/aromatic N) is 2. The third-order valence-corrected chi connectivity index (χ3v) is 11.6. The van der Waals surface area contributed by atoms with Gasteiger partial charge in [-0.15, -0.1) is 0 Å². The largest absolute Gasteiger partial charge is 0.457 e. The van der Waals surface area contributed by atoms with Gasteiger partial charge in [-0.2, -0.15) is 0 Å². The molecule has 0 aliphatic carbocycles. The maximum atomic E-state index is 13.7. The van der Waals surface area contributed by atoms with E-state index < -0.39 is 20.1 Å². The summed E-state index contributed by atoms with van der Waals surface area (Å²) < 4.78 is 13.2. The lowest BCUT2D eigenvalue weighted by Crippen LogP contribution is -2.70. The number of carbonyl (C=O) groups is 1. The molecule has 34 heavy (non-hydrogen) atoms. The zero-order chi connectivity index (χ0) is 25.1. The molecule has 0 bridgehead atoms.